The number of nitrogens with zero attached hydrogens (tertiary/aromatic N) is 3. The molecule has 2 aromatic carbocycles. The molecular weight excluding hydrogens is 589 g/mol. The summed E-state index contributed by atoms with van der Waals surface area (Å²) >= 11 is 7.74. The molecule has 1 atom stereocenters. The summed E-state index contributed by atoms with van der Waals surface area (Å²) in [5.74, 6) is -2.30. The van der Waals surface area contributed by atoms with E-state index in [1.807, 2.05) is 18.2 Å². The zero-order chi connectivity index (χ0) is 29.7. The van der Waals surface area contributed by atoms with Gasteiger partial charge < -0.3 is 9.84 Å². The lowest BCUT2D eigenvalue weighted by molar-refractivity contribution is -0.192. The predicted octanol–water partition coefficient (Wildman–Crippen LogP) is 7.60. The summed E-state index contributed by atoms with van der Waals surface area (Å²) in [6.07, 6.45) is 0.500. The number of benzene rings is 2. The van der Waals surface area contributed by atoms with Crippen molar-refractivity contribution >= 4 is 29.3 Å². The van der Waals surface area contributed by atoms with Gasteiger partial charge in [0.2, 0.25) is 0 Å². The van der Waals surface area contributed by atoms with E-state index < -0.39 is 12.1 Å². The molecule has 0 radical (unpaired) electrons. The largest absolute Gasteiger partial charge is 0.495 e. The number of pyridine rings is 1. The number of hydrogen-bond donors (Lipinski definition) is 1. The van der Waals surface area contributed by atoms with E-state index in [1.54, 1.807) is 31.5 Å². The molecule has 0 saturated heterocycles. The molecule has 216 valence electrons. The molecule has 0 fully saturated rings. The van der Waals surface area contributed by atoms with Gasteiger partial charge in [-0.05, 0) is 67.3 Å². The Morgan fingerprint density at radius 2 is 1.88 bits per heavy atom. The van der Waals surface area contributed by atoms with E-state index in [1.165, 1.54) is 30.1 Å². The van der Waals surface area contributed by atoms with Crippen molar-refractivity contribution in [2.24, 2.45) is 0 Å². The summed E-state index contributed by atoms with van der Waals surface area (Å²) in [5, 5.41) is 8.44. The molecule has 2 aromatic heterocycles. The Balaban J connectivity index is 0.000000493. The van der Waals surface area contributed by atoms with Crippen LogP contribution >= 0.6 is 23.4 Å². The molecule has 41 heavy (non-hydrogen) atoms. The molecular formula is C28H23ClF5N3O3S. The molecule has 4 aromatic rings. The normalized spacial score (nSPS) is 14.6. The highest BCUT2D eigenvalue weighted by Gasteiger charge is 2.38. The molecule has 0 aliphatic heterocycles. The Morgan fingerprint density at radius 1 is 1.17 bits per heavy atom. The number of imidazole rings is 1. The van der Waals surface area contributed by atoms with Crippen LogP contribution in [0.5, 0.6) is 5.75 Å². The van der Waals surface area contributed by atoms with Crippen LogP contribution in [0.4, 0.5) is 22.0 Å². The molecule has 0 amide bonds. The lowest BCUT2D eigenvalue weighted by Crippen LogP contribution is -2.21. The van der Waals surface area contributed by atoms with E-state index in [2.05, 4.69) is 9.55 Å². The minimum absolute atomic E-state index is 0.0690. The van der Waals surface area contributed by atoms with Crippen LogP contribution in [0.15, 0.2) is 66.1 Å². The second-order valence-corrected chi connectivity index (χ2v) is 10.3. The average molecular weight is 612 g/mol. The molecule has 13 heteroatoms. The highest BCUT2D eigenvalue weighted by molar-refractivity contribution is 7.98. The number of methoxy groups -OCH3 is 1. The van der Waals surface area contributed by atoms with Crippen molar-refractivity contribution in [2.45, 2.75) is 42.3 Å². The number of carbonyl (C=O) groups is 1. The average Bonchev–Trinajstić information content (AvgIpc) is 3.32. The van der Waals surface area contributed by atoms with Gasteiger partial charge in [0.15, 0.2) is 5.16 Å². The van der Waals surface area contributed by atoms with Gasteiger partial charge in [-0.3, -0.25) is 9.55 Å². The highest BCUT2D eigenvalue weighted by Crippen LogP contribution is 2.42. The number of carboxylic acid groups (broad SMARTS) is 1. The van der Waals surface area contributed by atoms with Gasteiger partial charge in [-0.2, -0.15) is 13.2 Å². The number of fused-ring (bicyclic) bond motifs is 1. The van der Waals surface area contributed by atoms with Gasteiger partial charge in [-0.25, -0.2) is 18.6 Å². The maximum atomic E-state index is 14.2. The highest BCUT2D eigenvalue weighted by atomic mass is 35.5. The Bertz CT molecular complexity index is 1530. The summed E-state index contributed by atoms with van der Waals surface area (Å²) in [5.41, 5.74) is 4.54. The van der Waals surface area contributed by atoms with E-state index >= 15 is 0 Å². The maximum Gasteiger partial charge on any atom is 0.490 e. The van der Waals surface area contributed by atoms with Crippen molar-refractivity contribution in [3.8, 4) is 11.4 Å². The number of halogens is 6. The number of carboxylic acids is 1. The van der Waals surface area contributed by atoms with Gasteiger partial charge in [-0.1, -0.05) is 29.4 Å². The van der Waals surface area contributed by atoms with Crippen LogP contribution in [0.1, 0.15) is 41.3 Å². The van der Waals surface area contributed by atoms with E-state index in [-0.39, 0.29) is 17.6 Å². The first-order chi connectivity index (χ1) is 19.5. The van der Waals surface area contributed by atoms with Crippen LogP contribution in [0.25, 0.3) is 5.69 Å². The molecule has 1 unspecified atom stereocenters. The van der Waals surface area contributed by atoms with Crippen LogP contribution < -0.4 is 4.74 Å². The van der Waals surface area contributed by atoms with Crippen molar-refractivity contribution < 1.29 is 36.6 Å². The summed E-state index contributed by atoms with van der Waals surface area (Å²) in [6.45, 7) is 0. The number of aliphatic carboxylic acids is 1. The van der Waals surface area contributed by atoms with Crippen LogP contribution in [-0.2, 0) is 17.0 Å². The number of ether oxygens (including phenoxy) is 1. The number of hydrogen-bond acceptors (Lipinski definition) is 5. The molecule has 1 aliphatic rings. The summed E-state index contributed by atoms with van der Waals surface area (Å²) in [7, 11) is 1.60. The number of thioether (sulfide) groups is 1. The molecule has 5 rings (SSSR count). The van der Waals surface area contributed by atoms with Crippen molar-refractivity contribution in [3.05, 3.63) is 100 Å². The van der Waals surface area contributed by atoms with Crippen molar-refractivity contribution in [2.75, 3.05) is 7.11 Å². The fraction of sp³-hybridized carbons (Fsp3) is 0.250. The van der Waals surface area contributed by atoms with Gasteiger partial charge in [0, 0.05) is 29.1 Å². The predicted molar refractivity (Wildman–Crippen MR) is 144 cm³/mol. The quantitative estimate of drug-likeness (QED) is 0.179. The minimum Gasteiger partial charge on any atom is -0.495 e. The Kier molecular flexibility index (Phi) is 9.54. The zero-order valence-corrected chi connectivity index (χ0v) is 23.0. The summed E-state index contributed by atoms with van der Waals surface area (Å²) in [4.78, 5) is 17.7. The molecule has 0 bridgehead atoms. The second-order valence-electron chi connectivity index (χ2n) is 8.94. The van der Waals surface area contributed by atoms with Gasteiger partial charge in [0.05, 0.1) is 29.7 Å². The standard InChI is InChI=1S/C26H22ClF2N3OS.C2HF3O2/c1-33-24-13-16(5-10-21(24)27)20-3-2-4-23-25(20)32(19-8-6-18(28)7-9-19)26(31-23)34-15-17-11-12-30-14-22(17)29;3-2(4,5)1(6)7/h5-14,20H,2-4,15H2,1H3;(H,6,7). The van der Waals surface area contributed by atoms with Gasteiger partial charge in [0.25, 0.3) is 0 Å². The minimum atomic E-state index is -5.08. The molecule has 0 saturated carbocycles. The fourth-order valence-corrected chi connectivity index (χ4v) is 5.64. The number of alkyl halides is 3. The monoisotopic (exact) mass is 611 g/mol. The molecule has 0 spiro atoms. The zero-order valence-electron chi connectivity index (χ0n) is 21.5. The van der Waals surface area contributed by atoms with Crippen LogP contribution in [0, 0.1) is 11.6 Å². The molecule has 1 N–H and O–H groups in total. The Hall–Kier alpha value is -3.64. The third kappa shape index (κ3) is 7.17. The second kappa shape index (κ2) is 12.9. The first kappa shape index (κ1) is 30.3. The van der Waals surface area contributed by atoms with Crippen LogP contribution in [0.2, 0.25) is 5.02 Å². The number of rotatable bonds is 6. The van der Waals surface area contributed by atoms with E-state index in [0.717, 1.165) is 47.1 Å². The summed E-state index contributed by atoms with van der Waals surface area (Å²) < 4.78 is 67.2. The van der Waals surface area contributed by atoms with Gasteiger partial charge in [-0.15, -0.1) is 0 Å². The Morgan fingerprint density at radius 3 is 2.51 bits per heavy atom. The number of aryl methyl sites for hydroxylation is 1. The van der Waals surface area contributed by atoms with Crippen LogP contribution in [0.3, 0.4) is 0 Å². The first-order valence-corrected chi connectivity index (χ1v) is 13.6. The number of aromatic nitrogens is 3. The topological polar surface area (TPSA) is 77.2 Å². The smallest absolute Gasteiger partial charge is 0.490 e. The third-order valence-electron chi connectivity index (χ3n) is 6.31. The van der Waals surface area contributed by atoms with Crippen LogP contribution in [-0.4, -0.2) is 38.9 Å². The third-order valence-corrected chi connectivity index (χ3v) is 7.61. The lowest BCUT2D eigenvalue weighted by Gasteiger charge is -2.25. The first-order valence-electron chi connectivity index (χ1n) is 12.2. The van der Waals surface area contributed by atoms with E-state index in [0.29, 0.717) is 22.1 Å². The SMILES string of the molecule is COc1cc(C2CCCc3nc(SCc4ccncc4F)n(-c4ccc(F)cc4)c32)ccc1Cl.O=C(O)C(F)(F)F. The van der Waals surface area contributed by atoms with Gasteiger partial charge >= 0.3 is 12.1 Å². The Labute approximate surface area is 241 Å². The molecule has 1 aliphatic carbocycles. The fourth-order valence-electron chi connectivity index (χ4n) is 4.42. The molecule has 6 nitrogen and oxygen atoms in total. The molecule has 2 heterocycles. The van der Waals surface area contributed by atoms with E-state index in [9.17, 15) is 22.0 Å². The van der Waals surface area contributed by atoms with Crippen molar-refractivity contribution in [1.82, 2.24) is 14.5 Å². The lowest BCUT2D eigenvalue weighted by atomic mass is 9.84. The van der Waals surface area contributed by atoms with Gasteiger partial charge in [0.1, 0.15) is 17.4 Å². The van der Waals surface area contributed by atoms with Crippen molar-refractivity contribution in [1.29, 1.82) is 0 Å². The summed E-state index contributed by atoms with van der Waals surface area (Å²) in [6, 6.07) is 13.9. The maximum absolute atomic E-state index is 14.2. The van der Waals surface area contributed by atoms with Crippen molar-refractivity contribution in [3.63, 3.8) is 0 Å². The van der Waals surface area contributed by atoms with E-state index in [4.69, 9.17) is 31.2 Å².